The largest absolute Gasteiger partial charge is 0.465 e. The van der Waals surface area contributed by atoms with Crippen molar-refractivity contribution in [2.24, 2.45) is 0 Å². The van der Waals surface area contributed by atoms with Crippen LogP contribution in [0.2, 0.25) is 0 Å². The highest BCUT2D eigenvalue weighted by molar-refractivity contribution is 5.89. The van der Waals surface area contributed by atoms with Gasteiger partial charge < -0.3 is 4.74 Å². The summed E-state index contributed by atoms with van der Waals surface area (Å²) in [4.78, 5) is 21.1. The summed E-state index contributed by atoms with van der Waals surface area (Å²) in [5, 5.41) is 0. The number of hydrogen-bond acceptors (Lipinski definition) is 3. The van der Waals surface area contributed by atoms with E-state index in [1.807, 2.05) is 0 Å². The average Bonchev–Trinajstić information content (AvgIpc) is 2.24. The molecule has 76 valence electrons. The molecule has 0 aromatic heterocycles. The monoisotopic (exact) mass is 206 g/mol. The van der Waals surface area contributed by atoms with E-state index in [0.29, 0.717) is 6.29 Å². The topological polar surface area (TPSA) is 43.4 Å². The van der Waals surface area contributed by atoms with Crippen LogP contribution in [0.4, 0.5) is 4.39 Å². The second-order valence-corrected chi connectivity index (χ2v) is 2.61. The van der Waals surface area contributed by atoms with E-state index in [1.54, 1.807) is 0 Å². The maximum Gasteiger partial charge on any atom is 0.337 e. The Balaban J connectivity index is 3.15. The van der Waals surface area contributed by atoms with Gasteiger partial charge in [0.2, 0.25) is 0 Å². The summed E-state index contributed by atoms with van der Waals surface area (Å²) in [5.74, 6) is 3.26. The highest BCUT2D eigenvalue weighted by Crippen LogP contribution is 2.09. The molecule has 0 spiro atoms. The van der Waals surface area contributed by atoms with Gasteiger partial charge in [-0.2, -0.15) is 0 Å². The lowest BCUT2D eigenvalue weighted by Crippen LogP contribution is -2.02. The molecule has 0 amide bonds. The lowest BCUT2D eigenvalue weighted by atomic mass is 10.1. The highest BCUT2D eigenvalue weighted by Gasteiger charge is 2.07. The molecule has 0 saturated heterocycles. The Hall–Kier alpha value is -2.15. The van der Waals surface area contributed by atoms with Crippen molar-refractivity contribution in [2.75, 3.05) is 7.11 Å². The normalized spacial score (nSPS) is 8.67. The molecule has 0 unspecified atom stereocenters. The minimum absolute atomic E-state index is 0.0627. The van der Waals surface area contributed by atoms with Gasteiger partial charge in [0.15, 0.2) is 6.29 Å². The fourth-order valence-electron chi connectivity index (χ4n) is 1.01. The number of halogens is 1. The second kappa shape index (κ2) is 4.91. The van der Waals surface area contributed by atoms with E-state index in [-0.39, 0.29) is 11.1 Å². The summed E-state index contributed by atoms with van der Waals surface area (Å²) in [7, 11) is 1.20. The van der Waals surface area contributed by atoms with Crippen molar-refractivity contribution >= 4 is 12.3 Å². The van der Waals surface area contributed by atoms with Crippen molar-refractivity contribution < 1.29 is 18.7 Å². The number of carbonyl (C=O) groups excluding carboxylic acids is 2. The Morgan fingerprint density at radius 2 is 2.20 bits per heavy atom. The van der Waals surface area contributed by atoms with Gasteiger partial charge in [-0.15, -0.1) is 0 Å². The molecule has 15 heavy (non-hydrogen) atoms. The minimum atomic E-state index is -0.649. The number of aldehydes is 1. The number of benzene rings is 1. The fraction of sp³-hybridized carbons (Fsp3) is 0.0909. The van der Waals surface area contributed by atoms with Crippen LogP contribution in [0.3, 0.4) is 0 Å². The molecule has 0 fully saturated rings. The van der Waals surface area contributed by atoms with Crippen molar-refractivity contribution in [3.05, 3.63) is 35.1 Å². The van der Waals surface area contributed by atoms with Crippen LogP contribution in [0.5, 0.6) is 0 Å². The Kier molecular flexibility index (Phi) is 3.58. The minimum Gasteiger partial charge on any atom is -0.465 e. The molecule has 4 heteroatoms. The number of hydrogen-bond donors (Lipinski definition) is 0. The quantitative estimate of drug-likeness (QED) is 0.393. The second-order valence-electron chi connectivity index (χ2n) is 2.61. The van der Waals surface area contributed by atoms with E-state index in [9.17, 15) is 14.0 Å². The summed E-state index contributed by atoms with van der Waals surface area (Å²) in [6.45, 7) is 0. The van der Waals surface area contributed by atoms with Crippen LogP contribution in [0, 0.1) is 17.7 Å². The van der Waals surface area contributed by atoms with E-state index >= 15 is 0 Å². The Morgan fingerprint density at radius 3 is 2.80 bits per heavy atom. The molecule has 0 heterocycles. The van der Waals surface area contributed by atoms with Crippen molar-refractivity contribution in [1.29, 1.82) is 0 Å². The first-order valence-electron chi connectivity index (χ1n) is 4.01. The predicted octanol–water partition coefficient (Wildman–Crippen LogP) is 1.16. The van der Waals surface area contributed by atoms with E-state index in [4.69, 9.17) is 0 Å². The predicted molar refractivity (Wildman–Crippen MR) is 50.7 cm³/mol. The molecular formula is C11H7FO3. The Bertz CT molecular complexity index is 455. The first-order valence-corrected chi connectivity index (χ1v) is 4.01. The van der Waals surface area contributed by atoms with Crippen LogP contribution in [0.15, 0.2) is 18.2 Å². The van der Waals surface area contributed by atoms with Gasteiger partial charge in [0.1, 0.15) is 5.82 Å². The molecule has 0 bridgehead atoms. The molecule has 0 radical (unpaired) electrons. The number of rotatable bonds is 1. The van der Waals surface area contributed by atoms with E-state index < -0.39 is 11.8 Å². The SMILES string of the molecule is COC(=O)c1cc(F)cc(C#CC=O)c1. The molecule has 0 aliphatic rings. The third-order valence-electron chi connectivity index (χ3n) is 1.59. The smallest absolute Gasteiger partial charge is 0.337 e. The Morgan fingerprint density at radius 1 is 1.47 bits per heavy atom. The van der Waals surface area contributed by atoms with Gasteiger partial charge in [0.25, 0.3) is 0 Å². The highest BCUT2D eigenvalue weighted by atomic mass is 19.1. The van der Waals surface area contributed by atoms with Crippen molar-refractivity contribution in [2.45, 2.75) is 0 Å². The van der Waals surface area contributed by atoms with Crippen LogP contribution in [-0.4, -0.2) is 19.4 Å². The molecule has 0 atom stereocenters. The zero-order valence-electron chi connectivity index (χ0n) is 7.91. The van der Waals surface area contributed by atoms with Gasteiger partial charge in [-0.25, -0.2) is 9.18 Å². The van der Waals surface area contributed by atoms with E-state index in [0.717, 1.165) is 12.1 Å². The summed E-state index contributed by atoms with van der Waals surface area (Å²) in [6.07, 6.45) is 0.392. The van der Waals surface area contributed by atoms with Crippen LogP contribution in [0.25, 0.3) is 0 Å². The van der Waals surface area contributed by atoms with Gasteiger partial charge >= 0.3 is 5.97 Å². The first-order chi connectivity index (χ1) is 7.17. The molecule has 0 aliphatic carbocycles. The molecule has 0 aliphatic heterocycles. The Labute approximate surface area is 85.9 Å². The maximum absolute atomic E-state index is 13.0. The van der Waals surface area contributed by atoms with E-state index in [1.165, 1.54) is 13.2 Å². The molecule has 1 rings (SSSR count). The summed E-state index contributed by atoms with van der Waals surface area (Å²) < 4.78 is 17.4. The standard InChI is InChI=1S/C11H7FO3/c1-15-11(14)9-5-8(3-2-4-13)6-10(12)7-9/h4-7H,1H3. The van der Waals surface area contributed by atoms with Gasteiger partial charge in [-0.05, 0) is 24.1 Å². The summed E-state index contributed by atoms with van der Waals surface area (Å²) in [5.41, 5.74) is 0.315. The molecule has 1 aromatic carbocycles. The van der Waals surface area contributed by atoms with Gasteiger partial charge in [-0.1, -0.05) is 5.92 Å². The van der Waals surface area contributed by atoms with Gasteiger partial charge in [0, 0.05) is 5.56 Å². The zero-order chi connectivity index (χ0) is 11.3. The fourth-order valence-corrected chi connectivity index (χ4v) is 1.01. The number of methoxy groups -OCH3 is 1. The zero-order valence-corrected chi connectivity index (χ0v) is 7.91. The van der Waals surface area contributed by atoms with Crippen molar-refractivity contribution in [1.82, 2.24) is 0 Å². The van der Waals surface area contributed by atoms with E-state index in [2.05, 4.69) is 16.6 Å². The van der Waals surface area contributed by atoms with Crippen molar-refractivity contribution in [3.8, 4) is 11.8 Å². The van der Waals surface area contributed by atoms with Crippen LogP contribution in [-0.2, 0) is 9.53 Å². The number of carbonyl (C=O) groups is 2. The lowest BCUT2D eigenvalue weighted by Gasteiger charge is -1.99. The van der Waals surface area contributed by atoms with Crippen LogP contribution < -0.4 is 0 Å². The molecule has 0 saturated carbocycles. The third kappa shape index (κ3) is 2.92. The third-order valence-corrected chi connectivity index (χ3v) is 1.59. The maximum atomic E-state index is 13.0. The number of ether oxygens (including phenoxy) is 1. The average molecular weight is 206 g/mol. The molecular weight excluding hydrogens is 199 g/mol. The summed E-state index contributed by atoms with van der Waals surface area (Å²) in [6, 6.07) is 3.52. The molecule has 3 nitrogen and oxygen atoms in total. The van der Waals surface area contributed by atoms with Gasteiger partial charge in [0.05, 0.1) is 12.7 Å². The molecule has 1 aromatic rings. The van der Waals surface area contributed by atoms with Crippen LogP contribution >= 0.6 is 0 Å². The van der Waals surface area contributed by atoms with Crippen molar-refractivity contribution in [3.63, 3.8) is 0 Å². The lowest BCUT2D eigenvalue weighted by molar-refractivity contribution is -0.103. The molecule has 0 N–H and O–H groups in total. The summed E-state index contributed by atoms with van der Waals surface area (Å²) >= 11 is 0. The van der Waals surface area contributed by atoms with Gasteiger partial charge in [-0.3, -0.25) is 4.79 Å². The van der Waals surface area contributed by atoms with Crippen LogP contribution in [0.1, 0.15) is 15.9 Å². The first kappa shape index (κ1) is 10.9. The number of esters is 1.